The Hall–Kier alpha value is -1.05. The van der Waals surface area contributed by atoms with Gasteiger partial charge in [0.1, 0.15) is 6.04 Å². The molecule has 1 aromatic rings. The van der Waals surface area contributed by atoms with Crippen LogP contribution in [0.25, 0.3) is 0 Å². The first kappa shape index (κ1) is 18.3. The molecule has 0 unspecified atom stereocenters. The van der Waals surface area contributed by atoms with Crippen LogP contribution in [0, 0.1) is 0 Å². The molecule has 23 heavy (non-hydrogen) atoms. The fourth-order valence-electron chi connectivity index (χ4n) is 2.75. The first-order valence-electron chi connectivity index (χ1n) is 7.71. The molecular weight excluding hydrogens is 332 g/mol. The quantitative estimate of drug-likeness (QED) is 0.818. The van der Waals surface area contributed by atoms with Gasteiger partial charge in [-0.05, 0) is 25.8 Å². The molecule has 7 heteroatoms. The van der Waals surface area contributed by atoms with Crippen LogP contribution in [-0.4, -0.2) is 53.7 Å². The summed E-state index contributed by atoms with van der Waals surface area (Å²) >= 11 is 4.40. The Bertz CT molecular complexity index is 647. The SMILES string of the molecule is CC(C)S(=O)(=O)N1C[C@H](S)C[C@@H]1C(=O)N(C)Cc1ccccc1. The zero-order valence-electron chi connectivity index (χ0n) is 13.7. The molecule has 2 atom stereocenters. The van der Waals surface area contributed by atoms with Gasteiger partial charge in [0, 0.05) is 25.4 Å². The highest BCUT2D eigenvalue weighted by Crippen LogP contribution is 2.28. The van der Waals surface area contributed by atoms with Crippen LogP contribution in [0.4, 0.5) is 0 Å². The van der Waals surface area contributed by atoms with Gasteiger partial charge in [-0.1, -0.05) is 30.3 Å². The van der Waals surface area contributed by atoms with Gasteiger partial charge in [-0.3, -0.25) is 4.79 Å². The average Bonchev–Trinajstić information content (AvgIpc) is 2.90. The Morgan fingerprint density at radius 1 is 1.35 bits per heavy atom. The third kappa shape index (κ3) is 4.08. The predicted octanol–water partition coefficient (Wildman–Crippen LogP) is 1.76. The molecule has 0 radical (unpaired) electrons. The van der Waals surface area contributed by atoms with Crippen molar-refractivity contribution < 1.29 is 13.2 Å². The van der Waals surface area contributed by atoms with E-state index in [-0.39, 0.29) is 11.2 Å². The van der Waals surface area contributed by atoms with Crippen LogP contribution >= 0.6 is 12.6 Å². The van der Waals surface area contributed by atoms with E-state index in [4.69, 9.17) is 0 Å². The van der Waals surface area contributed by atoms with Crippen molar-refractivity contribution in [3.8, 4) is 0 Å². The van der Waals surface area contributed by atoms with E-state index >= 15 is 0 Å². The van der Waals surface area contributed by atoms with Gasteiger partial charge in [0.2, 0.25) is 15.9 Å². The van der Waals surface area contributed by atoms with Gasteiger partial charge in [0.05, 0.1) is 5.25 Å². The fraction of sp³-hybridized carbons (Fsp3) is 0.562. The topological polar surface area (TPSA) is 57.7 Å². The van der Waals surface area contributed by atoms with E-state index < -0.39 is 21.3 Å². The Kier molecular flexibility index (Phi) is 5.75. The van der Waals surface area contributed by atoms with Crippen LogP contribution in [0.1, 0.15) is 25.8 Å². The molecule has 2 rings (SSSR count). The summed E-state index contributed by atoms with van der Waals surface area (Å²) in [4.78, 5) is 14.4. The molecule has 1 aliphatic heterocycles. The number of carbonyl (C=O) groups excluding carboxylic acids is 1. The fourth-order valence-corrected chi connectivity index (χ4v) is 4.70. The van der Waals surface area contributed by atoms with Crippen LogP contribution in [0.5, 0.6) is 0 Å². The second kappa shape index (κ2) is 7.23. The molecule has 1 aromatic carbocycles. The first-order valence-corrected chi connectivity index (χ1v) is 9.73. The predicted molar refractivity (Wildman–Crippen MR) is 94.9 cm³/mol. The van der Waals surface area contributed by atoms with Crippen molar-refractivity contribution in [2.45, 2.75) is 43.4 Å². The van der Waals surface area contributed by atoms with E-state index in [1.54, 1.807) is 25.8 Å². The van der Waals surface area contributed by atoms with Crippen molar-refractivity contribution >= 4 is 28.6 Å². The molecule has 0 aliphatic carbocycles. The lowest BCUT2D eigenvalue weighted by Gasteiger charge is -2.28. The smallest absolute Gasteiger partial charge is 0.241 e. The molecule has 1 heterocycles. The van der Waals surface area contributed by atoms with Crippen molar-refractivity contribution in [3.63, 3.8) is 0 Å². The zero-order valence-corrected chi connectivity index (χ0v) is 15.4. The Morgan fingerprint density at radius 3 is 2.52 bits per heavy atom. The van der Waals surface area contributed by atoms with Crippen LogP contribution in [0.15, 0.2) is 30.3 Å². The second-order valence-electron chi connectivity index (χ2n) is 6.25. The Balaban J connectivity index is 2.16. The standard InChI is InChI=1S/C16H24N2O3S2/c1-12(2)23(20,21)18-11-14(22)9-15(18)16(19)17(3)10-13-7-5-4-6-8-13/h4-8,12,14-15,22H,9-11H2,1-3H3/t14-,15-/m1/s1. The van der Waals surface area contributed by atoms with Crippen molar-refractivity contribution in [2.75, 3.05) is 13.6 Å². The van der Waals surface area contributed by atoms with E-state index in [1.807, 2.05) is 30.3 Å². The molecule has 0 saturated carbocycles. The number of nitrogens with zero attached hydrogens (tertiary/aromatic N) is 2. The van der Waals surface area contributed by atoms with Crippen LogP contribution in [-0.2, 0) is 21.4 Å². The van der Waals surface area contributed by atoms with Gasteiger partial charge in [0.25, 0.3) is 0 Å². The summed E-state index contributed by atoms with van der Waals surface area (Å²) < 4.78 is 26.3. The summed E-state index contributed by atoms with van der Waals surface area (Å²) in [6, 6.07) is 9.00. The third-order valence-corrected chi connectivity index (χ3v) is 6.70. The highest BCUT2D eigenvalue weighted by molar-refractivity contribution is 7.89. The minimum absolute atomic E-state index is 0.109. The zero-order chi connectivity index (χ0) is 17.2. The number of thiol groups is 1. The minimum atomic E-state index is -3.47. The molecule has 1 aliphatic rings. The van der Waals surface area contributed by atoms with E-state index in [0.29, 0.717) is 19.5 Å². The van der Waals surface area contributed by atoms with E-state index in [0.717, 1.165) is 5.56 Å². The van der Waals surface area contributed by atoms with Gasteiger partial charge in [0.15, 0.2) is 0 Å². The van der Waals surface area contributed by atoms with Crippen molar-refractivity contribution in [1.29, 1.82) is 0 Å². The highest BCUT2D eigenvalue weighted by atomic mass is 32.2. The number of amides is 1. The second-order valence-corrected chi connectivity index (χ2v) is 9.42. The largest absolute Gasteiger partial charge is 0.340 e. The maximum absolute atomic E-state index is 12.8. The summed E-state index contributed by atoms with van der Waals surface area (Å²) in [5.41, 5.74) is 1.02. The maximum atomic E-state index is 12.8. The minimum Gasteiger partial charge on any atom is -0.340 e. The molecular formula is C16H24N2O3S2. The number of hydrogen-bond donors (Lipinski definition) is 1. The lowest BCUT2D eigenvalue weighted by atomic mass is 10.1. The number of sulfonamides is 1. The third-order valence-electron chi connectivity index (χ3n) is 4.08. The Morgan fingerprint density at radius 2 is 1.96 bits per heavy atom. The van der Waals surface area contributed by atoms with Gasteiger partial charge >= 0.3 is 0 Å². The maximum Gasteiger partial charge on any atom is 0.241 e. The molecule has 5 nitrogen and oxygen atoms in total. The van der Waals surface area contributed by atoms with Crippen LogP contribution in [0.3, 0.4) is 0 Å². The van der Waals surface area contributed by atoms with E-state index in [2.05, 4.69) is 12.6 Å². The normalized spacial score (nSPS) is 22.5. The van der Waals surface area contributed by atoms with Gasteiger partial charge in [-0.25, -0.2) is 8.42 Å². The summed E-state index contributed by atoms with van der Waals surface area (Å²) in [6.45, 7) is 4.02. The van der Waals surface area contributed by atoms with Crippen molar-refractivity contribution in [2.24, 2.45) is 0 Å². The van der Waals surface area contributed by atoms with Gasteiger partial charge in [-0.15, -0.1) is 0 Å². The van der Waals surface area contributed by atoms with Crippen molar-refractivity contribution in [1.82, 2.24) is 9.21 Å². The first-order chi connectivity index (χ1) is 10.7. The Labute approximate surface area is 144 Å². The summed E-state index contributed by atoms with van der Waals surface area (Å²) in [5.74, 6) is -0.172. The monoisotopic (exact) mass is 356 g/mol. The van der Waals surface area contributed by atoms with Crippen molar-refractivity contribution in [3.05, 3.63) is 35.9 Å². The number of rotatable bonds is 5. The molecule has 1 saturated heterocycles. The molecule has 128 valence electrons. The van der Waals surface area contributed by atoms with Crippen LogP contribution in [0.2, 0.25) is 0 Å². The van der Waals surface area contributed by atoms with Crippen LogP contribution < -0.4 is 0 Å². The molecule has 1 amide bonds. The number of carbonyl (C=O) groups is 1. The molecule has 0 spiro atoms. The summed E-state index contributed by atoms with van der Waals surface area (Å²) in [5, 5.41) is -0.654. The van der Waals surface area contributed by atoms with Gasteiger partial charge in [-0.2, -0.15) is 16.9 Å². The molecule has 0 bridgehead atoms. The molecule has 0 aromatic heterocycles. The summed E-state index contributed by atoms with van der Waals surface area (Å²) in [6.07, 6.45) is 0.451. The van der Waals surface area contributed by atoms with Gasteiger partial charge < -0.3 is 4.90 Å². The average molecular weight is 357 g/mol. The lowest BCUT2D eigenvalue weighted by Crippen LogP contribution is -2.48. The number of benzene rings is 1. The lowest BCUT2D eigenvalue weighted by molar-refractivity contribution is -0.133. The molecule has 1 fully saturated rings. The highest BCUT2D eigenvalue weighted by Gasteiger charge is 2.44. The number of hydrogen-bond acceptors (Lipinski definition) is 4. The molecule has 0 N–H and O–H groups in total. The van der Waals surface area contributed by atoms with E-state index in [9.17, 15) is 13.2 Å². The summed E-state index contributed by atoms with van der Waals surface area (Å²) in [7, 11) is -1.76. The van der Waals surface area contributed by atoms with E-state index in [1.165, 1.54) is 4.31 Å². The number of likely N-dealkylation sites (N-methyl/N-ethyl adjacent to an activating group) is 1.